The van der Waals surface area contributed by atoms with Crippen molar-refractivity contribution in [2.75, 3.05) is 36.4 Å². The number of carbonyl (C=O) groups excluding carboxylic acids is 3. The fourth-order valence-corrected chi connectivity index (χ4v) is 5.52. The number of hydrogen-bond donors (Lipinski definition) is 2. The number of Topliss-reactive ketones (excluding diaryl/α,β-unsaturated/α-hetero) is 1. The van der Waals surface area contributed by atoms with E-state index >= 15 is 0 Å². The molecule has 0 saturated carbocycles. The second-order valence-electron chi connectivity index (χ2n) is 9.42. The number of aliphatic hydroxyl groups is 1. The fourth-order valence-electron chi connectivity index (χ4n) is 5.52. The Labute approximate surface area is 210 Å². The van der Waals surface area contributed by atoms with E-state index in [0.717, 1.165) is 61.5 Å². The minimum absolute atomic E-state index is 0.137. The minimum atomic E-state index is -0.375. The van der Waals surface area contributed by atoms with Crippen molar-refractivity contribution >= 4 is 40.3 Å². The third-order valence-corrected chi connectivity index (χ3v) is 7.22. The topological polar surface area (TPSA) is 102 Å². The van der Waals surface area contributed by atoms with Crippen molar-refractivity contribution < 1.29 is 19.5 Å². The second-order valence-corrected chi connectivity index (χ2v) is 9.42. The van der Waals surface area contributed by atoms with Gasteiger partial charge in [0.1, 0.15) is 5.76 Å². The van der Waals surface area contributed by atoms with Gasteiger partial charge < -0.3 is 20.2 Å². The fraction of sp³-hybridized carbons (Fsp3) is 0.357. The van der Waals surface area contributed by atoms with Gasteiger partial charge in [-0.15, -0.1) is 0 Å². The first-order valence-corrected chi connectivity index (χ1v) is 12.4. The maximum atomic E-state index is 13.6. The van der Waals surface area contributed by atoms with E-state index in [1.807, 2.05) is 24.3 Å². The number of amides is 2. The van der Waals surface area contributed by atoms with E-state index < -0.39 is 0 Å². The average Bonchev–Trinajstić information content (AvgIpc) is 3.41. The Morgan fingerprint density at radius 2 is 1.75 bits per heavy atom. The van der Waals surface area contributed by atoms with Crippen LogP contribution in [0.15, 0.2) is 57.5 Å². The highest BCUT2D eigenvalue weighted by Crippen LogP contribution is 2.45. The number of fused-ring (bicyclic) bond motifs is 2. The lowest BCUT2D eigenvalue weighted by molar-refractivity contribution is -0.116. The van der Waals surface area contributed by atoms with Gasteiger partial charge in [-0.1, -0.05) is 0 Å². The van der Waals surface area contributed by atoms with Crippen molar-refractivity contribution in [2.24, 2.45) is 4.99 Å². The number of nitrogens with one attached hydrogen (secondary N) is 1. The molecule has 0 atom stereocenters. The van der Waals surface area contributed by atoms with Crippen LogP contribution in [0.25, 0.3) is 5.57 Å². The third kappa shape index (κ3) is 3.77. The molecule has 186 valence electrons. The Bertz CT molecular complexity index is 1380. The summed E-state index contributed by atoms with van der Waals surface area (Å²) in [6, 6.07) is 3.79. The summed E-state index contributed by atoms with van der Waals surface area (Å²) in [6.45, 7) is 10.3. The number of hydrogen-bond acceptors (Lipinski definition) is 6. The van der Waals surface area contributed by atoms with Crippen LogP contribution in [-0.4, -0.2) is 59.5 Å². The van der Waals surface area contributed by atoms with Crippen molar-refractivity contribution in [1.29, 1.82) is 0 Å². The van der Waals surface area contributed by atoms with Gasteiger partial charge in [0.25, 0.3) is 0 Å². The Morgan fingerprint density at radius 3 is 2.39 bits per heavy atom. The standard InChI is InChI=1S/C28H30N4O4/c1-5-31-9-7-17-11-19(21(13-23(17)31)29-15(3)33)25-27(35)26(28(25)36)20-12-18-8-10-32(6-2)24(18)14-22(20)30-16(4)34/h11-14,35H,5-10H2,1-4H3,(H,29,33)/b26-20-,30-22?. The van der Waals surface area contributed by atoms with Crippen LogP contribution in [0.1, 0.15) is 45.2 Å². The highest BCUT2D eigenvalue weighted by molar-refractivity contribution is 6.42. The van der Waals surface area contributed by atoms with E-state index in [4.69, 9.17) is 0 Å². The number of anilines is 2. The molecule has 1 aromatic carbocycles. The predicted octanol–water partition coefficient (Wildman–Crippen LogP) is 3.71. The first-order valence-electron chi connectivity index (χ1n) is 12.4. The number of allylic oxidation sites excluding steroid dienone is 6. The molecule has 36 heavy (non-hydrogen) atoms. The number of rotatable bonds is 4. The summed E-state index contributed by atoms with van der Waals surface area (Å²) in [5, 5.41) is 14.1. The first kappa shape index (κ1) is 23.8. The molecule has 8 nitrogen and oxygen atoms in total. The van der Waals surface area contributed by atoms with Gasteiger partial charge >= 0.3 is 0 Å². The molecule has 0 radical (unpaired) electrons. The molecule has 1 saturated heterocycles. The van der Waals surface area contributed by atoms with Gasteiger partial charge in [0, 0.05) is 62.5 Å². The largest absolute Gasteiger partial charge is 0.506 e. The van der Waals surface area contributed by atoms with Crippen LogP contribution in [0, 0.1) is 0 Å². The molecule has 0 unspecified atom stereocenters. The molecule has 5 rings (SSSR count). The first-order chi connectivity index (χ1) is 17.2. The molecule has 2 N–H and O–H groups in total. The lowest BCUT2D eigenvalue weighted by Gasteiger charge is -2.28. The molecular weight excluding hydrogens is 456 g/mol. The molecule has 0 aromatic heterocycles. The van der Waals surface area contributed by atoms with Crippen molar-refractivity contribution in [3.05, 3.63) is 63.6 Å². The van der Waals surface area contributed by atoms with E-state index in [1.165, 1.54) is 13.8 Å². The lowest BCUT2D eigenvalue weighted by Crippen LogP contribution is -2.27. The van der Waals surface area contributed by atoms with Gasteiger partial charge in [0.05, 0.1) is 22.5 Å². The van der Waals surface area contributed by atoms with Crippen molar-refractivity contribution in [1.82, 2.24) is 4.90 Å². The molecule has 2 heterocycles. The molecule has 2 aliphatic heterocycles. The van der Waals surface area contributed by atoms with Crippen LogP contribution < -0.4 is 10.2 Å². The maximum Gasteiger partial charge on any atom is 0.243 e. The molecule has 0 bridgehead atoms. The Balaban J connectivity index is 1.65. The summed E-state index contributed by atoms with van der Waals surface area (Å²) in [5.74, 6) is -1.09. The summed E-state index contributed by atoms with van der Waals surface area (Å²) >= 11 is 0. The number of likely N-dealkylation sites (N-methyl/N-ethyl adjacent to an activating group) is 2. The van der Waals surface area contributed by atoms with Crippen molar-refractivity contribution in [3.63, 3.8) is 0 Å². The van der Waals surface area contributed by atoms with Gasteiger partial charge in [-0.3, -0.25) is 14.4 Å². The molecular formula is C28H30N4O4. The van der Waals surface area contributed by atoms with Crippen molar-refractivity contribution in [2.45, 2.75) is 40.5 Å². The van der Waals surface area contributed by atoms with E-state index in [1.54, 1.807) is 0 Å². The van der Waals surface area contributed by atoms with Gasteiger partial charge in [0.2, 0.25) is 17.6 Å². The molecule has 4 aliphatic rings. The van der Waals surface area contributed by atoms with Crippen LogP contribution in [0.4, 0.5) is 11.4 Å². The minimum Gasteiger partial charge on any atom is -0.506 e. The Hall–Kier alpha value is -3.94. The summed E-state index contributed by atoms with van der Waals surface area (Å²) in [6.07, 6.45) is 5.37. The summed E-state index contributed by atoms with van der Waals surface area (Å²) in [5.41, 5.74) is 6.36. The highest BCUT2D eigenvalue weighted by atomic mass is 16.3. The number of aliphatic imine (C=N–C) groups is 1. The highest BCUT2D eigenvalue weighted by Gasteiger charge is 2.41. The SMILES string of the molecule is CCN1CCC2=C/C(=C3/C(=O)C(c4cc5c(cc4NC(C)=O)N(CC)CC5)=C3O)C(=NC(C)=O)C=C21. The quantitative estimate of drug-likeness (QED) is 0.629. The molecule has 1 aromatic rings. The van der Waals surface area contributed by atoms with E-state index in [2.05, 4.69) is 34.0 Å². The van der Waals surface area contributed by atoms with E-state index in [9.17, 15) is 19.5 Å². The van der Waals surface area contributed by atoms with E-state index in [0.29, 0.717) is 22.5 Å². The zero-order chi connectivity index (χ0) is 25.7. The Morgan fingerprint density at radius 1 is 1.03 bits per heavy atom. The van der Waals surface area contributed by atoms with Gasteiger partial charge in [-0.25, -0.2) is 4.99 Å². The number of benzene rings is 1. The third-order valence-electron chi connectivity index (χ3n) is 7.22. The van der Waals surface area contributed by atoms with Gasteiger partial charge in [0.15, 0.2) is 0 Å². The zero-order valence-electron chi connectivity index (χ0n) is 21.1. The molecule has 0 spiro atoms. The number of nitrogens with zero attached hydrogens (tertiary/aromatic N) is 3. The second kappa shape index (κ2) is 8.93. The Kier molecular flexibility index (Phi) is 5.90. The van der Waals surface area contributed by atoms with E-state index in [-0.39, 0.29) is 34.5 Å². The predicted molar refractivity (Wildman–Crippen MR) is 140 cm³/mol. The summed E-state index contributed by atoms with van der Waals surface area (Å²) < 4.78 is 0. The summed E-state index contributed by atoms with van der Waals surface area (Å²) in [7, 11) is 0. The zero-order valence-corrected chi connectivity index (χ0v) is 21.1. The van der Waals surface area contributed by atoms with Gasteiger partial charge in [-0.2, -0.15) is 0 Å². The number of likely N-dealkylation sites (tertiary alicyclic amines) is 1. The smallest absolute Gasteiger partial charge is 0.243 e. The number of aliphatic hydroxyl groups excluding tert-OH is 1. The monoisotopic (exact) mass is 486 g/mol. The maximum absolute atomic E-state index is 13.6. The van der Waals surface area contributed by atoms with Crippen LogP contribution in [0.5, 0.6) is 0 Å². The van der Waals surface area contributed by atoms with Crippen LogP contribution in [0.2, 0.25) is 0 Å². The van der Waals surface area contributed by atoms with Crippen LogP contribution in [-0.2, 0) is 20.8 Å². The lowest BCUT2D eigenvalue weighted by atomic mass is 9.77. The average molecular weight is 487 g/mol. The molecule has 1 fully saturated rings. The number of ketones is 1. The number of carbonyl (C=O) groups is 3. The summed E-state index contributed by atoms with van der Waals surface area (Å²) in [4.78, 5) is 46.0. The van der Waals surface area contributed by atoms with Crippen LogP contribution in [0.3, 0.4) is 0 Å². The van der Waals surface area contributed by atoms with Crippen molar-refractivity contribution in [3.8, 4) is 0 Å². The van der Waals surface area contributed by atoms with Crippen LogP contribution >= 0.6 is 0 Å². The van der Waals surface area contributed by atoms with Gasteiger partial charge in [-0.05, 0) is 62.1 Å². The molecule has 2 amide bonds. The molecule has 8 heteroatoms. The normalized spacial score (nSPS) is 21.9. The molecule has 2 aliphatic carbocycles.